The van der Waals surface area contributed by atoms with Gasteiger partial charge < -0.3 is 14.4 Å². The van der Waals surface area contributed by atoms with Gasteiger partial charge in [-0.05, 0) is 39.5 Å². The third-order valence-electron chi connectivity index (χ3n) is 5.41. The number of nitrogens with zero attached hydrogens (tertiary/aromatic N) is 2. The lowest BCUT2D eigenvalue weighted by molar-refractivity contribution is -0.139. The van der Waals surface area contributed by atoms with E-state index in [0.29, 0.717) is 12.1 Å². The van der Waals surface area contributed by atoms with Crippen LogP contribution in [0.15, 0.2) is 0 Å². The summed E-state index contributed by atoms with van der Waals surface area (Å²) in [5.74, 6) is 0.189. The molecule has 1 amide bonds. The van der Waals surface area contributed by atoms with E-state index in [0.717, 1.165) is 51.9 Å². The highest BCUT2D eigenvalue weighted by atomic mass is 16.5. The molecule has 0 aromatic carbocycles. The largest absolute Gasteiger partial charge is 0.373 e. The highest BCUT2D eigenvalue weighted by molar-refractivity contribution is 5.78. The standard InChI is InChI=1S/C18H32N2O3/c1-14-10-19(11-15(2)23-14)12-16-6-5-9-20(16)18(21)13-22-17-7-3-4-8-17/h14-17H,3-13H2,1-2H3/t14-,15+,16-/m1/s1. The molecule has 132 valence electrons. The van der Waals surface area contributed by atoms with Gasteiger partial charge in [-0.25, -0.2) is 0 Å². The minimum Gasteiger partial charge on any atom is -0.373 e. The van der Waals surface area contributed by atoms with E-state index >= 15 is 0 Å². The molecule has 0 spiro atoms. The van der Waals surface area contributed by atoms with Gasteiger partial charge in [0.15, 0.2) is 0 Å². The Balaban J connectivity index is 1.47. The molecule has 2 saturated heterocycles. The van der Waals surface area contributed by atoms with Crippen LogP contribution in [0.5, 0.6) is 0 Å². The van der Waals surface area contributed by atoms with Crippen molar-refractivity contribution in [1.82, 2.24) is 9.80 Å². The van der Waals surface area contributed by atoms with Crippen molar-refractivity contribution in [2.24, 2.45) is 0 Å². The molecule has 23 heavy (non-hydrogen) atoms. The lowest BCUT2D eigenvalue weighted by Gasteiger charge is -2.38. The predicted octanol–water partition coefficient (Wildman–Crippen LogP) is 2.05. The van der Waals surface area contributed by atoms with E-state index in [1.54, 1.807) is 0 Å². The van der Waals surface area contributed by atoms with E-state index in [-0.39, 0.29) is 24.7 Å². The number of morpholine rings is 1. The number of likely N-dealkylation sites (tertiary alicyclic amines) is 1. The van der Waals surface area contributed by atoms with Crippen LogP contribution in [0, 0.1) is 0 Å². The van der Waals surface area contributed by atoms with Crippen LogP contribution in [0.3, 0.4) is 0 Å². The number of carbonyl (C=O) groups is 1. The predicted molar refractivity (Wildman–Crippen MR) is 89.4 cm³/mol. The van der Waals surface area contributed by atoms with Gasteiger partial charge in [0.05, 0.1) is 18.3 Å². The summed E-state index contributed by atoms with van der Waals surface area (Å²) in [5.41, 5.74) is 0. The summed E-state index contributed by atoms with van der Waals surface area (Å²) in [4.78, 5) is 17.1. The Hall–Kier alpha value is -0.650. The molecular formula is C18H32N2O3. The summed E-state index contributed by atoms with van der Waals surface area (Å²) >= 11 is 0. The maximum atomic E-state index is 12.5. The van der Waals surface area contributed by atoms with E-state index < -0.39 is 0 Å². The van der Waals surface area contributed by atoms with Crippen molar-refractivity contribution in [3.8, 4) is 0 Å². The maximum Gasteiger partial charge on any atom is 0.248 e. The van der Waals surface area contributed by atoms with Gasteiger partial charge >= 0.3 is 0 Å². The molecule has 0 aromatic rings. The monoisotopic (exact) mass is 324 g/mol. The second-order valence-electron chi connectivity index (χ2n) is 7.58. The summed E-state index contributed by atoms with van der Waals surface area (Å²) in [6.07, 6.45) is 7.88. The third-order valence-corrected chi connectivity index (χ3v) is 5.41. The number of amides is 1. The Kier molecular flexibility index (Phi) is 5.94. The first-order valence-corrected chi connectivity index (χ1v) is 9.40. The highest BCUT2D eigenvalue weighted by Gasteiger charge is 2.32. The molecule has 2 aliphatic heterocycles. The Bertz CT molecular complexity index is 388. The van der Waals surface area contributed by atoms with Crippen LogP contribution in [0.25, 0.3) is 0 Å². The van der Waals surface area contributed by atoms with E-state index in [1.165, 1.54) is 12.8 Å². The van der Waals surface area contributed by atoms with Crippen LogP contribution in [-0.2, 0) is 14.3 Å². The highest BCUT2D eigenvalue weighted by Crippen LogP contribution is 2.23. The summed E-state index contributed by atoms with van der Waals surface area (Å²) in [6, 6.07) is 0.354. The third kappa shape index (κ3) is 4.68. The van der Waals surface area contributed by atoms with Crippen molar-refractivity contribution in [1.29, 1.82) is 0 Å². The minimum atomic E-state index is 0.189. The van der Waals surface area contributed by atoms with Gasteiger partial charge in [-0.2, -0.15) is 0 Å². The van der Waals surface area contributed by atoms with Gasteiger partial charge in [0, 0.05) is 32.2 Å². The van der Waals surface area contributed by atoms with Gasteiger partial charge in [0.1, 0.15) is 6.61 Å². The first-order valence-electron chi connectivity index (χ1n) is 9.40. The molecule has 0 N–H and O–H groups in total. The molecule has 0 aromatic heterocycles. The molecule has 1 saturated carbocycles. The summed E-state index contributed by atoms with van der Waals surface area (Å²) in [7, 11) is 0. The van der Waals surface area contributed by atoms with Crippen LogP contribution in [-0.4, -0.2) is 72.8 Å². The van der Waals surface area contributed by atoms with Crippen LogP contribution in [0.1, 0.15) is 52.4 Å². The molecule has 1 aliphatic carbocycles. The van der Waals surface area contributed by atoms with Crippen LogP contribution in [0.4, 0.5) is 0 Å². The Morgan fingerprint density at radius 1 is 1.09 bits per heavy atom. The zero-order chi connectivity index (χ0) is 16.2. The topological polar surface area (TPSA) is 42.0 Å². The molecule has 5 nitrogen and oxygen atoms in total. The van der Waals surface area contributed by atoms with Gasteiger partial charge in [0.25, 0.3) is 0 Å². The number of hydrogen-bond acceptors (Lipinski definition) is 4. The average molecular weight is 324 g/mol. The van der Waals surface area contributed by atoms with Crippen molar-refractivity contribution in [3.63, 3.8) is 0 Å². The smallest absolute Gasteiger partial charge is 0.248 e. The Labute approximate surface area is 140 Å². The molecule has 0 bridgehead atoms. The molecule has 3 fully saturated rings. The number of carbonyl (C=O) groups excluding carboxylic acids is 1. The first kappa shape index (κ1) is 17.2. The van der Waals surface area contributed by atoms with Crippen molar-refractivity contribution in [2.75, 3.05) is 32.8 Å². The molecule has 2 heterocycles. The van der Waals surface area contributed by atoms with Crippen molar-refractivity contribution < 1.29 is 14.3 Å². The SMILES string of the molecule is C[C@@H]1CN(C[C@H]2CCCN2C(=O)COC2CCCC2)C[C@H](C)O1. The second kappa shape index (κ2) is 7.95. The Morgan fingerprint density at radius 2 is 1.78 bits per heavy atom. The van der Waals surface area contributed by atoms with E-state index in [9.17, 15) is 4.79 Å². The lowest BCUT2D eigenvalue weighted by Crippen LogP contribution is -2.51. The second-order valence-corrected chi connectivity index (χ2v) is 7.58. The molecule has 3 aliphatic rings. The molecule has 3 rings (SSSR count). The maximum absolute atomic E-state index is 12.5. The van der Waals surface area contributed by atoms with Crippen LogP contribution >= 0.6 is 0 Å². The summed E-state index contributed by atoms with van der Waals surface area (Å²) < 4.78 is 11.6. The van der Waals surface area contributed by atoms with E-state index in [2.05, 4.69) is 23.6 Å². The quantitative estimate of drug-likeness (QED) is 0.776. The van der Waals surface area contributed by atoms with Crippen molar-refractivity contribution >= 4 is 5.91 Å². The average Bonchev–Trinajstić information content (AvgIpc) is 3.15. The lowest BCUT2D eigenvalue weighted by atomic mass is 10.1. The van der Waals surface area contributed by atoms with Crippen molar-refractivity contribution in [3.05, 3.63) is 0 Å². The van der Waals surface area contributed by atoms with Crippen LogP contribution in [0.2, 0.25) is 0 Å². The zero-order valence-corrected chi connectivity index (χ0v) is 14.7. The molecule has 0 unspecified atom stereocenters. The molecule has 3 atom stereocenters. The molecule has 5 heteroatoms. The van der Waals surface area contributed by atoms with Gasteiger partial charge in [-0.1, -0.05) is 12.8 Å². The Morgan fingerprint density at radius 3 is 2.48 bits per heavy atom. The number of rotatable bonds is 5. The normalized spacial score (nSPS) is 33.5. The van der Waals surface area contributed by atoms with Gasteiger partial charge in [-0.15, -0.1) is 0 Å². The molecular weight excluding hydrogens is 292 g/mol. The fourth-order valence-electron chi connectivity index (χ4n) is 4.41. The number of hydrogen-bond donors (Lipinski definition) is 0. The van der Waals surface area contributed by atoms with Gasteiger partial charge in [-0.3, -0.25) is 9.69 Å². The van der Waals surface area contributed by atoms with Crippen molar-refractivity contribution in [2.45, 2.75) is 76.7 Å². The van der Waals surface area contributed by atoms with Crippen LogP contribution < -0.4 is 0 Å². The fourth-order valence-corrected chi connectivity index (χ4v) is 4.41. The first-order chi connectivity index (χ1) is 11.1. The minimum absolute atomic E-state index is 0.189. The zero-order valence-electron chi connectivity index (χ0n) is 14.7. The van der Waals surface area contributed by atoms with E-state index in [1.807, 2.05) is 0 Å². The fraction of sp³-hybridized carbons (Fsp3) is 0.944. The number of ether oxygens (including phenoxy) is 2. The summed E-state index contributed by atoms with van der Waals surface area (Å²) in [6.45, 7) is 8.37. The van der Waals surface area contributed by atoms with E-state index in [4.69, 9.17) is 9.47 Å². The molecule has 0 radical (unpaired) electrons. The summed E-state index contributed by atoms with van der Waals surface area (Å²) in [5, 5.41) is 0. The van der Waals surface area contributed by atoms with Gasteiger partial charge in [0.2, 0.25) is 5.91 Å².